The van der Waals surface area contributed by atoms with Crippen LogP contribution in [0.2, 0.25) is 0 Å². The maximum absolute atomic E-state index is 12.6. The maximum atomic E-state index is 12.6. The van der Waals surface area contributed by atoms with Crippen molar-refractivity contribution in [3.05, 3.63) is 34.1 Å². The van der Waals surface area contributed by atoms with Gasteiger partial charge in [0.1, 0.15) is 5.82 Å². The minimum Gasteiger partial charge on any atom is -0.393 e. The average Bonchev–Trinajstić information content (AvgIpc) is 1.94. The van der Waals surface area contributed by atoms with Crippen LogP contribution in [0.5, 0.6) is 0 Å². The van der Waals surface area contributed by atoms with E-state index < -0.39 is 6.10 Å². The smallest absolute Gasteiger partial charge is 0.124 e. The molecule has 0 bridgehead atoms. The normalized spacial score (nSPS) is 13.0. The van der Waals surface area contributed by atoms with Gasteiger partial charge in [0.05, 0.1) is 6.10 Å². The summed E-state index contributed by atoms with van der Waals surface area (Å²) in [4.78, 5) is 0. The number of aliphatic hydroxyl groups is 1. The molecule has 0 amide bonds. The number of hydrogen-bond donors (Lipinski definition) is 1. The number of aliphatic hydroxyl groups excluding tert-OH is 1. The lowest BCUT2D eigenvalue weighted by Crippen LogP contribution is -2.04. The third-order valence-corrected chi connectivity index (χ3v) is 2.27. The zero-order valence-electron chi connectivity index (χ0n) is 6.72. The van der Waals surface area contributed by atoms with Crippen molar-refractivity contribution in [3.63, 3.8) is 0 Å². The van der Waals surface area contributed by atoms with E-state index in [0.717, 1.165) is 5.56 Å². The molecule has 1 rings (SSSR count). The van der Waals surface area contributed by atoms with E-state index >= 15 is 0 Å². The summed E-state index contributed by atoms with van der Waals surface area (Å²) in [6.45, 7) is 1.70. The molecular formula is C9H10BrFO. The Morgan fingerprint density at radius 3 is 2.75 bits per heavy atom. The molecule has 1 atom stereocenters. The second-order valence-corrected chi connectivity index (χ2v) is 3.64. The summed E-state index contributed by atoms with van der Waals surface area (Å²) in [5.41, 5.74) is 0.923. The van der Waals surface area contributed by atoms with E-state index in [1.54, 1.807) is 13.0 Å². The van der Waals surface area contributed by atoms with Gasteiger partial charge in [0.15, 0.2) is 0 Å². The summed E-state index contributed by atoms with van der Waals surface area (Å²) in [7, 11) is 0. The van der Waals surface area contributed by atoms with Crippen molar-refractivity contribution >= 4 is 15.9 Å². The van der Waals surface area contributed by atoms with Crippen molar-refractivity contribution in [2.24, 2.45) is 0 Å². The first-order valence-electron chi connectivity index (χ1n) is 3.71. The van der Waals surface area contributed by atoms with Crippen LogP contribution in [0.25, 0.3) is 0 Å². The van der Waals surface area contributed by atoms with Gasteiger partial charge in [-0.25, -0.2) is 4.39 Å². The van der Waals surface area contributed by atoms with Crippen LogP contribution >= 0.6 is 15.9 Å². The van der Waals surface area contributed by atoms with Gasteiger partial charge in [0.2, 0.25) is 0 Å². The van der Waals surface area contributed by atoms with Gasteiger partial charge in [0, 0.05) is 4.47 Å². The fraction of sp³-hybridized carbons (Fsp3) is 0.333. The number of rotatable bonds is 2. The van der Waals surface area contributed by atoms with Crippen LogP contribution < -0.4 is 0 Å². The molecule has 66 valence electrons. The van der Waals surface area contributed by atoms with Crippen LogP contribution in [0.1, 0.15) is 12.5 Å². The molecule has 12 heavy (non-hydrogen) atoms. The minimum absolute atomic E-state index is 0.267. The lowest BCUT2D eigenvalue weighted by molar-refractivity contribution is 0.195. The highest BCUT2D eigenvalue weighted by Crippen LogP contribution is 2.19. The summed E-state index contributed by atoms with van der Waals surface area (Å²) in [5, 5.41) is 9.08. The molecule has 0 saturated heterocycles. The highest BCUT2D eigenvalue weighted by Gasteiger charge is 2.04. The first kappa shape index (κ1) is 9.68. The van der Waals surface area contributed by atoms with Gasteiger partial charge < -0.3 is 5.11 Å². The fourth-order valence-electron chi connectivity index (χ4n) is 1.01. The topological polar surface area (TPSA) is 20.2 Å². The highest BCUT2D eigenvalue weighted by molar-refractivity contribution is 9.10. The van der Waals surface area contributed by atoms with Crippen LogP contribution in [0.3, 0.4) is 0 Å². The molecule has 0 aliphatic rings. The van der Waals surface area contributed by atoms with Crippen molar-refractivity contribution in [2.45, 2.75) is 19.4 Å². The number of halogens is 2. The molecule has 1 nitrogen and oxygen atoms in total. The zero-order valence-corrected chi connectivity index (χ0v) is 8.31. The lowest BCUT2D eigenvalue weighted by atomic mass is 10.1. The van der Waals surface area contributed by atoms with E-state index in [4.69, 9.17) is 5.11 Å². The third kappa shape index (κ3) is 2.57. The van der Waals surface area contributed by atoms with E-state index in [9.17, 15) is 4.39 Å². The van der Waals surface area contributed by atoms with Gasteiger partial charge >= 0.3 is 0 Å². The monoisotopic (exact) mass is 232 g/mol. The summed E-state index contributed by atoms with van der Waals surface area (Å²) in [5.74, 6) is -0.267. The molecule has 1 N–H and O–H groups in total. The molecule has 0 heterocycles. The molecule has 0 fully saturated rings. The van der Waals surface area contributed by atoms with E-state index in [-0.39, 0.29) is 5.82 Å². The molecule has 0 saturated carbocycles. The predicted molar refractivity (Wildman–Crippen MR) is 49.5 cm³/mol. The second-order valence-electron chi connectivity index (χ2n) is 2.79. The van der Waals surface area contributed by atoms with Crippen LogP contribution in [-0.4, -0.2) is 11.2 Å². The highest BCUT2D eigenvalue weighted by atomic mass is 79.9. The summed E-state index contributed by atoms with van der Waals surface area (Å²) < 4.78 is 13.3. The molecule has 3 heteroatoms. The molecule has 1 unspecified atom stereocenters. The lowest BCUT2D eigenvalue weighted by Gasteiger charge is -2.06. The Labute approximate surface area is 79.4 Å². The summed E-state index contributed by atoms with van der Waals surface area (Å²) in [6.07, 6.45) is 0.146. The first-order valence-corrected chi connectivity index (χ1v) is 4.51. The third-order valence-electron chi connectivity index (χ3n) is 1.53. The summed E-state index contributed by atoms with van der Waals surface area (Å²) in [6, 6.07) is 4.46. The van der Waals surface area contributed by atoms with Gasteiger partial charge in [0.25, 0.3) is 0 Å². The quantitative estimate of drug-likeness (QED) is 0.832. The number of hydrogen-bond acceptors (Lipinski definition) is 1. The molecule has 1 aromatic carbocycles. The Kier molecular flexibility index (Phi) is 3.23. The Balaban J connectivity index is 2.86. The molecule has 0 aromatic heterocycles. The zero-order chi connectivity index (χ0) is 9.14. The molecule has 0 aliphatic heterocycles. The van der Waals surface area contributed by atoms with E-state index in [0.29, 0.717) is 10.9 Å². The number of benzene rings is 1. The Morgan fingerprint density at radius 2 is 2.25 bits per heavy atom. The van der Waals surface area contributed by atoms with Crippen LogP contribution in [0, 0.1) is 5.82 Å². The largest absolute Gasteiger partial charge is 0.393 e. The van der Waals surface area contributed by atoms with E-state index in [1.165, 1.54) is 12.1 Å². The SMILES string of the molecule is CC(O)Cc1ccc(F)cc1Br. The van der Waals surface area contributed by atoms with Crippen molar-refractivity contribution < 1.29 is 9.50 Å². The van der Waals surface area contributed by atoms with Crippen molar-refractivity contribution in [3.8, 4) is 0 Å². The first-order chi connectivity index (χ1) is 5.59. The molecule has 1 aromatic rings. The molecule has 0 radical (unpaired) electrons. The fourth-order valence-corrected chi connectivity index (χ4v) is 1.52. The van der Waals surface area contributed by atoms with Crippen molar-refractivity contribution in [1.29, 1.82) is 0 Å². The molecule has 0 spiro atoms. The van der Waals surface area contributed by atoms with Gasteiger partial charge in [-0.1, -0.05) is 22.0 Å². The minimum atomic E-state index is -0.397. The van der Waals surface area contributed by atoms with Crippen LogP contribution in [0.4, 0.5) is 4.39 Å². The Bertz CT molecular complexity index is 273. The van der Waals surface area contributed by atoms with E-state index in [2.05, 4.69) is 15.9 Å². The molecular weight excluding hydrogens is 223 g/mol. The Hall–Kier alpha value is -0.410. The van der Waals surface area contributed by atoms with Gasteiger partial charge in [-0.15, -0.1) is 0 Å². The standard InChI is InChI=1S/C9H10BrFO/c1-6(12)4-7-2-3-8(11)5-9(7)10/h2-3,5-6,12H,4H2,1H3. The van der Waals surface area contributed by atoms with Gasteiger partial charge in [-0.3, -0.25) is 0 Å². The van der Waals surface area contributed by atoms with Crippen molar-refractivity contribution in [2.75, 3.05) is 0 Å². The van der Waals surface area contributed by atoms with Gasteiger partial charge in [-0.05, 0) is 31.0 Å². The Morgan fingerprint density at radius 1 is 1.58 bits per heavy atom. The van der Waals surface area contributed by atoms with Crippen LogP contribution in [0.15, 0.2) is 22.7 Å². The van der Waals surface area contributed by atoms with E-state index in [1.807, 2.05) is 0 Å². The second kappa shape index (κ2) is 4.01. The van der Waals surface area contributed by atoms with Gasteiger partial charge in [-0.2, -0.15) is 0 Å². The summed E-state index contributed by atoms with van der Waals surface area (Å²) >= 11 is 3.22. The van der Waals surface area contributed by atoms with Crippen molar-refractivity contribution in [1.82, 2.24) is 0 Å². The predicted octanol–water partition coefficient (Wildman–Crippen LogP) is 2.51. The maximum Gasteiger partial charge on any atom is 0.124 e. The van der Waals surface area contributed by atoms with Crippen LogP contribution in [-0.2, 0) is 6.42 Å². The molecule has 0 aliphatic carbocycles. The average molecular weight is 233 g/mol.